The number of nitrogens with one attached hydrogen (secondary N) is 1. The van der Waals surface area contributed by atoms with Crippen LogP contribution in [0.1, 0.15) is 10.9 Å². The van der Waals surface area contributed by atoms with Crippen molar-refractivity contribution in [3.8, 4) is 0 Å². The van der Waals surface area contributed by atoms with Gasteiger partial charge < -0.3 is 0 Å². The molecule has 15 heavy (non-hydrogen) atoms. The Morgan fingerprint density at radius 1 is 1.33 bits per heavy atom. The van der Waals surface area contributed by atoms with Gasteiger partial charge in [-0.05, 0) is 12.1 Å². The highest BCUT2D eigenvalue weighted by molar-refractivity contribution is 7.18. The molecule has 1 aliphatic heterocycles. The molecule has 1 aliphatic rings. The average Bonchev–Trinajstić information content (AvgIpc) is 2.82. The second kappa shape index (κ2) is 3.13. The summed E-state index contributed by atoms with van der Waals surface area (Å²) in [5, 5.41) is 4.54. The van der Waals surface area contributed by atoms with Crippen LogP contribution in [-0.2, 0) is 4.79 Å². The SMILES string of the molecule is O=C1NN=CC1c1nc2ccccc2s1. The number of amides is 1. The maximum absolute atomic E-state index is 11.4. The van der Waals surface area contributed by atoms with Crippen molar-refractivity contribution in [2.24, 2.45) is 5.10 Å². The maximum Gasteiger partial charge on any atom is 0.255 e. The third-order valence-corrected chi connectivity index (χ3v) is 3.38. The number of nitrogens with zero attached hydrogens (tertiary/aromatic N) is 2. The van der Waals surface area contributed by atoms with E-state index in [1.54, 1.807) is 6.21 Å². The lowest BCUT2D eigenvalue weighted by Crippen LogP contribution is -2.17. The van der Waals surface area contributed by atoms with Crippen molar-refractivity contribution in [1.29, 1.82) is 0 Å². The maximum atomic E-state index is 11.4. The zero-order valence-corrected chi connectivity index (χ0v) is 8.49. The van der Waals surface area contributed by atoms with Crippen molar-refractivity contribution >= 4 is 33.7 Å². The van der Waals surface area contributed by atoms with Crippen molar-refractivity contribution in [3.63, 3.8) is 0 Å². The van der Waals surface area contributed by atoms with Gasteiger partial charge in [0.1, 0.15) is 10.9 Å². The molecule has 1 unspecified atom stereocenters. The zero-order valence-electron chi connectivity index (χ0n) is 7.68. The lowest BCUT2D eigenvalue weighted by molar-refractivity contribution is -0.120. The molecule has 1 aromatic heterocycles. The van der Waals surface area contributed by atoms with Gasteiger partial charge in [-0.1, -0.05) is 12.1 Å². The van der Waals surface area contributed by atoms with Gasteiger partial charge in [-0.3, -0.25) is 4.79 Å². The van der Waals surface area contributed by atoms with Crippen LogP contribution in [0.25, 0.3) is 10.2 Å². The predicted molar refractivity (Wildman–Crippen MR) is 59.0 cm³/mol. The van der Waals surface area contributed by atoms with E-state index < -0.39 is 0 Å². The highest BCUT2D eigenvalue weighted by Gasteiger charge is 2.25. The lowest BCUT2D eigenvalue weighted by atomic mass is 10.2. The van der Waals surface area contributed by atoms with Crippen LogP contribution in [-0.4, -0.2) is 17.1 Å². The topological polar surface area (TPSA) is 54.4 Å². The third-order valence-electron chi connectivity index (χ3n) is 2.26. The summed E-state index contributed by atoms with van der Waals surface area (Å²) < 4.78 is 1.10. The van der Waals surface area contributed by atoms with Crippen molar-refractivity contribution in [3.05, 3.63) is 29.3 Å². The van der Waals surface area contributed by atoms with E-state index in [1.807, 2.05) is 24.3 Å². The Bertz CT molecular complexity index is 528. The van der Waals surface area contributed by atoms with Crippen molar-refractivity contribution < 1.29 is 4.79 Å². The molecule has 0 bridgehead atoms. The van der Waals surface area contributed by atoms with Crippen LogP contribution < -0.4 is 5.43 Å². The van der Waals surface area contributed by atoms with E-state index in [-0.39, 0.29) is 11.8 Å². The van der Waals surface area contributed by atoms with E-state index in [0.29, 0.717) is 0 Å². The second-order valence-corrected chi connectivity index (χ2v) is 4.31. The van der Waals surface area contributed by atoms with E-state index in [2.05, 4.69) is 15.5 Å². The third kappa shape index (κ3) is 1.32. The first-order valence-corrected chi connectivity index (χ1v) is 5.35. The molecule has 2 aromatic rings. The van der Waals surface area contributed by atoms with Crippen LogP contribution >= 0.6 is 11.3 Å². The molecule has 74 valence electrons. The van der Waals surface area contributed by atoms with Gasteiger partial charge in [-0.2, -0.15) is 5.10 Å². The van der Waals surface area contributed by atoms with E-state index >= 15 is 0 Å². The summed E-state index contributed by atoms with van der Waals surface area (Å²) in [5.41, 5.74) is 3.35. The fourth-order valence-electron chi connectivity index (χ4n) is 1.51. The van der Waals surface area contributed by atoms with Crippen LogP contribution in [0.15, 0.2) is 29.4 Å². The Labute approximate surface area is 89.6 Å². The van der Waals surface area contributed by atoms with Crippen LogP contribution in [0.4, 0.5) is 0 Å². The van der Waals surface area contributed by atoms with Gasteiger partial charge in [-0.15, -0.1) is 11.3 Å². The van der Waals surface area contributed by atoms with Crippen LogP contribution in [0.2, 0.25) is 0 Å². The fraction of sp³-hybridized carbons (Fsp3) is 0.100. The number of benzene rings is 1. The summed E-state index contributed by atoms with van der Waals surface area (Å²) in [6.07, 6.45) is 1.60. The van der Waals surface area contributed by atoms with Gasteiger partial charge in [0.15, 0.2) is 0 Å². The Morgan fingerprint density at radius 3 is 2.93 bits per heavy atom. The number of aromatic nitrogens is 1. The smallest absolute Gasteiger partial charge is 0.255 e. The van der Waals surface area contributed by atoms with Gasteiger partial charge in [0.05, 0.1) is 10.2 Å². The van der Waals surface area contributed by atoms with Crippen LogP contribution in [0.3, 0.4) is 0 Å². The van der Waals surface area contributed by atoms with Crippen LogP contribution in [0, 0.1) is 0 Å². The Balaban J connectivity index is 2.12. The monoisotopic (exact) mass is 217 g/mol. The summed E-state index contributed by atoms with van der Waals surface area (Å²) in [5.74, 6) is -0.420. The molecule has 2 heterocycles. The van der Waals surface area contributed by atoms with Crippen LogP contribution in [0.5, 0.6) is 0 Å². The highest BCUT2D eigenvalue weighted by atomic mass is 32.1. The minimum atomic E-state index is -0.317. The molecule has 0 spiro atoms. The Hall–Kier alpha value is -1.75. The number of fused-ring (bicyclic) bond motifs is 1. The van der Waals surface area contributed by atoms with E-state index in [9.17, 15) is 4.79 Å². The number of hydrogen-bond donors (Lipinski definition) is 1. The molecule has 4 nitrogen and oxygen atoms in total. The zero-order chi connectivity index (χ0) is 10.3. The number of rotatable bonds is 1. The summed E-state index contributed by atoms with van der Waals surface area (Å²) in [6.45, 7) is 0. The quantitative estimate of drug-likeness (QED) is 0.786. The van der Waals surface area contributed by atoms with Gasteiger partial charge in [0.2, 0.25) is 0 Å². The molecular weight excluding hydrogens is 210 g/mol. The molecule has 1 atom stereocenters. The number of hydrazone groups is 1. The first-order chi connectivity index (χ1) is 7.34. The molecule has 1 amide bonds. The Kier molecular flexibility index (Phi) is 1.78. The number of carbonyl (C=O) groups is 1. The van der Waals surface area contributed by atoms with Gasteiger partial charge in [0.25, 0.3) is 5.91 Å². The molecule has 0 radical (unpaired) electrons. The molecule has 1 N–H and O–H groups in total. The standard InChI is InChI=1S/C10H7N3OS/c14-9-6(5-11-13-9)10-12-7-3-1-2-4-8(7)15-10/h1-6H,(H,13,14). The highest BCUT2D eigenvalue weighted by Crippen LogP contribution is 2.27. The summed E-state index contributed by atoms with van der Waals surface area (Å²) in [6, 6.07) is 7.85. The minimum Gasteiger partial charge on any atom is -0.272 e. The largest absolute Gasteiger partial charge is 0.272 e. The van der Waals surface area contributed by atoms with Crippen molar-refractivity contribution in [2.45, 2.75) is 5.92 Å². The van der Waals surface area contributed by atoms with Gasteiger partial charge in [-0.25, -0.2) is 10.4 Å². The minimum absolute atomic E-state index is 0.103. The summed E-state index contributed by atoms with van der Waals surface area (Å²) >= 11 is 1.54. The van der Waals surface area contributed by atoms with E-state index in [0.717, 1.165) is 15.2 Å². The molecule has 1 aromatic carbocycles. The first-order valence-electron chi connectivity index (χ1n) is 4.53. The number of hydrogen-bond acceptors (Lipinski definition) is 4. The average molecular weight is 217 g/mol. The molecule has 0 saturated carbocycles. The predicted octanol–water partition coefficient (Wildman–Crippen LogP) is 1.50. The molecular formula is C10H7N3OS. The normalized spacial score (nSPS) is 19.7. The summed E-state index contributed by atoms with van der Waals surface area (Å²) in [7, 11) is 0. The molecule has 0 saturated heterocycles. The number of thiazole rings is 1. The fourth-order valence-corrected chi connectivity index (χ4v) is 2.54. The van der Waals surface area contributed by atoms with Crippen molar-refractivity contribution in [1.82, 2.24) is 10.4 Å². The van der Waals surface area contributed by atoms with Gasteiger partial charge in [0, 0.05) is 6.21 Å². The second-order valence-electron chi connectivity index (χ2n) is 3.25. The Morgan fingerprint density at radius 2 is 2.20 bits per heavy atom. The molecule has 5 heteroatoms. The van der Waals surface area contributed by atoms with E-state index in [4.69, 9.17) is 0 Å². The molecule has 3 rings (SSSR count). The van der Waals surface area contributed by atoms with E-state index in [1.165, 1.54) is 11.3 Å². The van der Waals surface area contributed by atoms with Crippen molar-refractivity contribution in [2.75, 3.05) is 0 Å². The van der Waals surface area contributed by atoms with Gasteiger partial charge >= 0.3 is 0 Å². The lowest BCUT2D eigenvalue weighted by Gasteiger charge is -1.96. The molecule has 0 aliphatic carbocycles. The molecule has 0 fully saturated rings. The summed E-state index contributed by atoms with van der Waals surface area (Å²) in [4.78, 5) is 15.8. The first kappa shape index (κ1) is 8.55. The number of para-hydroxylation sites is 1. The number of carbonyl (C=O) groups excluding carboxylic acids is 1.